The molecule has 0 saturated carbocycles. The molecule has 1 fully saturated rings. The van der Waals surface area contributed by atoms with E-state index in [1.165, 1.54) is 11.0 Å². The number of hydrogen-bond acceptors (Lipinski definition) is 4. The average Bonchev–Trinajstić information content (AvgIpc) is 3.39. The normalized spacial score (nSPS) is 16.9. The second-order valence-corrected chi connectivity index (χ2v) is 8.71. The number of aliphatic hydroxyl groups is 1. The number of carbonyl (C=O) groups is 1. The Morgan fingerprint density at radius 3 is 2.74 bits per heavy atom. The summed E-state index contributed by atoms with van der Waals surface area (Å²) in [4.78, 5) is 19.1. The summed E-state index contributed by atoms with van der Waals surface area (Å²) in [5.74, 6) is 0.634. The summed E-state index contributed by atoms with van der Waals surface area (Å²) in [5.41, 5.74) is 3.04. The maximum Gasteiger partial charge on any atom is 0.227 e. The topological polar surface area (TPSA) is 67.6 Å². The van der Waals surface area contributed by atoms with Crippen molar-refractivity contribution in [2.75, 3.05) is 18.1 Å². The lowest BCUT2D eigenvalue weighted by molar-refractivity contribution is -0.117. The number of nitrogens with zero attached hydrogens (tertiary/aromatic N) is 3. The fraction of sp³-hybridized carbons (Fsp3) is 0.259. The van der Waals surface area contributed by atoms with Gasteiger partial charge < -0.3 is 19.3 Å². The number of aryl methyl sites for hydroxylation is 1. The quantitative estimate of drug-likeness (QED) is 0.444. The van der Waals surface area contributed by atoms with Crippen LogP contribution in [0.15, 0.2) is 72.8 Å². The highest BCUT2D eigenvalue weighted by atomic mass is 19.1. The van der Waals surface area contributed by atoms with Gasteiger partial charge in [0.25, 0.3) is 0 Å². The summed E-state index contributed by atoms with van der Waals surface area (Å²) in [6.45, 7) is 2.71. The first kappa shape index (κ1) is 22.1. The van der Waals surface area contributed by atoms with E-state index in [0.717, 1.165) is 16.6 Å². The second kappa shape index (κ2) is 9.27. The summed E-state index contributed by atoms with van der Waals surface area (Å²) in [5, 5.41) is 10.8. The van der Waals surface area contributed by atoms with Gasteiger partial charge in [-0.1, -0.05) is 36.4 Å². The molecule has 1 amide bonds. The Morgan fingerprint density at radius 1 is 1.12 bits per heavy atom. The summed E-state index contributed by atoms with van der Waals surface area (Å²) >= 11 is 0. The highest BCUT2D eigenvalue weighted by molar-refractivity contribution is 5.96. The van der Waals surface area contributed by atoms with Gasteiger partial charge in [-0.05, 0) is 48.9 Å². The van der Waals surface area contributed by atoms with Crippen LogP contribution in [-0.2, 0) is 11.3 Å². The minimum Gasteiger partial charge on any atom is -0.491 e. The minimum atomic E-state index is -0.781. The number of halogens is 1. The molecule has 2 heterocycles. The molecule has 3 aromatic carbocycles. The van der Waals surface area contributed by atoms with Crippen LogP contribution in [0.5, 0.6) is 5.75 Å². The van der Waals surface area contributed by atoms with Crippen molar-refractivity contribution < 1.29 is 19.0 Å². The van der Waals surface area contributed by atoms with E-state index in [1.54, 1.807) is 18.2 Å². The maximum absolute atomic E-state index is 14.4. The largest absolute Gasteiger partial charge is 0.491 e. The third kappa shape index (κ3) is 4.39. The summed E-state index contributed by atoms with van der Waals surface area (Å²) in [7, 11) is 0. The van der Waals surface area contributed by atoms with Crippen LogP contribution in [0.1, 0.15) is 23.7 Å². The average molecular weight is 460 g/mol. The molecule has 4 aromatic rings. The van der Waals surface area contributed by atoms with E-state index in [-0.39, 0.29) is 37.1 Å². The van der Waals surface area contributed by atoms with Crippen molar-refractivity contribution in [1.82, 2.24) is 9.55 Å². The van der Waals surface area contributed by atoms with Crippen molar-refractivity contribution in [2.24, 2.45) is 0 Å². The Morgan fingerprint density at radius 2 is 1.91 bits per heavy atom. The lowest BCUT2D eigenvalue weighted by atomic mass is 10.1. The van der Waals surface area contributed by atoms with Crippen LogP contribution >= 0.6 is 0 Å². The monoisotopic (exact) mass is 459 g/mol. The van der Waals surface area contributed by atoms with Gasteiger partial charge in [0.1, 0.15) is 30.1 Å². The highest BCUT2D eigenvalue weighted by Gasteiger charge is 2.36. The zero-order valence-corrected chi connectivity index (χ0v) is 18.9. The number of hydrogen-bond donors (Lipinski definition) is 1. The molecule has 2 atom stereocenters. The van der Waals surface area contributed by atoms with E-state index in [9.17, 15) is 14.3 Å². The number of rotatable bonds is 7. The number of imidazole rings is 1. The van der Waals surface area contributed by atoms with E-state index < -0.39 is 11.9 Å². The molecular formula is C27H26FN3O3. The molecule has 0 radical (unpaired) electrons. The number of aliphatic hydroxyl groups excluding tert-OH is 1. The van der Waals surface area contributed by atoms with Crippen LogP contribution in [0.2, 0.25) is 0 Å². The van der Waals surface area contributed by atoms with Crippen LogP contribution in [-0.4, -0.2) is 39.8 Å². The molecule has 2 unspecified atom stereocenters. The summed E-state index contributed by atoms with van der Waals surface area (Å²) < 4.78 is 22.1. The van der Waals surface area contributed by atoms with Crippen molar-refractivity contribution in [3.8, 4) is 5.75 Å². The molecule has 1 aromatic heterocycles. The van der Waals surface area contributed by atoms with E-state index in [4.69, 9.17) is 9.72 Å². The van der Waals surface area contributed by atoms with Crippen molar-refractivity contribution in [2.45, 2.75) is 31.9 Å². The number of carbonyl (C=O) groups excluding carboxylic acids is 1. The summed E-state index contributed by atoms with van der Waals surface area (Å²) in [6.07, 6.45) is -0.551. The zero-order chi connectivity index (χ0) is 23.7. The fourth-order valence-electron chi connectivity index (χ4n) is 4.54. The van der Waals surface area contributed by atoms with Gasteiger partial charge in [-0.15, -0.1) is 0 Å². The molecule has 0 aliphatic carbocycles. The second-order valence-electron chi connectivity index (χ2n) is 8.71. The molecule has 1 N–H and O–H groups in total. The Bertz CT molecular complexity index is 1340. The SMILES string of the molecule is Cc1cccc(OCC(O)Cn2c(C3CC(=O)N(c4ccccc4F)C3)nc3ccccc32)c1. The molecule has 0 bridgehead atoms. The third-order valence-electron chi connectivity index (χ3n) is 6.14. The van der Waals surface area contributed by atoms with Gasteiger partial charge in [-0.25, -0.2) is 9.37 Å². The fourth-order valence-corrected chi connectivity index (χ4v) is 4.54. The van der Waals surface area contributed by atoms with Gasteiger partial charge in [-0.3, -0.25) is 4.79 Å². The first-order valence-corrected chi connectivity index (χ1v) is 11.4. The van der Waals surface area contributed by atoms with Crippen LogP contribution < -0.4 is 9.64 Å². The number of aromatic nitrogens is 2. The smallest absolute Gasteiger partial charge is 0.227 e. The predicted octanol–water partition coefficient (Wildman–Crippen LogP) is 4.44. The van der Waals surface area contributed by atoms with E-state index in [1.807, 2.05) is 60.0 Å². The zero-order valence-electron chi connectivity index (χ0n) is 18.9. The molecule has 1 saturated heterocycles. The van der Waals surface area contributed by atoms with Crippen molar-refractivity contribution in [1.29, 1.82) is 0 Å². The van der Waals surface area contributed by atoms with Crippen molar-refractivity contribution >= 4 is 22.6 Å². The van der Waals surface area contributed by atoms with Crippen molar-refractivity contribution in [3.05, 3.63) is 90.0 Å². The van der Waals surface area contributed by atoms with Gasteiger partial charge in [-0.2, -0.15) is 0 Å². The first-order valence-electron chi connectivity index (χ1n) is 11.4. The number of benzene rings is 3. The van der Waals surface area contributed by atoms with E-state index in [0.29, 0.717) is 18.1 Å². The van der Waals surface area contributed by atoms with Crippen LogP contribution in [0, 0.1) is 12.7 Å². The Labute approximate surface area is 197 Å². The van der Waals surface area contributed by atoms with E-state index in [2.05, 4.69) is 0 Å². The molecular weight excluding hydrogens is 433 g/mol. The standard InChI is InChI=1S/C27H26FN3O3/c1-18-7-6-8-21(13-18)34-17-20(32)16-31-25-12-5-3-10-23(25)29-27(31)19-14-26(33)30(15-19)24-11-4-2-9-22(24)28/h2-13,19-20,32H,14-17H2,1H3. The lowest BCUT2D eigenvalue weighted by Gasteiger charge is -2.19. The Kier molecular flexibility index (Phi) is 6.02. The van der Waals surface area contributed by atoms with Gasteiger partial charge >= 0.3 is 0 Å². The Hall–Kier alpha value is -3.71. The summed E-state index contributed by atoms with van der Waals surface area (Å²) in [6, 6.07) is 21.7. The molecule has 7 heteroatoms. The van der Waals surface area contributed by atoms with Gasteiger partial charge in [0.05, 0.1) is 23.3 Å². The molecule has 34 heavy (non-hydrogen) atoms. The number of ether oxygens (including phenoxy) is 1. The molecule has 1 aliphatic rings. The van der Waals surface area contributed by atoms with Gasteiger partial charge in [0, 0.05) is 18.9 Å². The van der Waals surface area contributed by atoms with Crippen LogP contribution in [0.3, 0.4) is 0 Å². The Balaban J connectivity index is 1.39. The van der Waals surface area contributed by atoms with Crippen LogP contribution in [0.4, 0.5) is 10.1 Å². The van der Waals surface area contributed by atoms with Gasteiger partial charge in [0.15, 0.2) is 0 Å². The number of para-hydroxylation sites is 3. The highest BCUT2D eigenvalue weighted by Crippen LogP contribution is 2.34. The van der Waals surface area contributed by atoms with Crippen LogP contribution in [0.25, 0.3) is 11.0 Å². The number of fused-ring (bicyclic) bond motifs is 1. The van der Waals surface area contributed by atoms with Gasteiger partial charge in [0.2, 0.25) is 5.91 Å². The first-order chi connectivity index (χ1) is 16.5. The third-order valence-corrected chi connectivity index (χ3v) is 6.14. The predicted molar refractivity (Wildman–Crippen MR) is 129 cm³/mol. The number of amides is 1. The maximum atomic E-state index is 14.4. The minimum absolute atomic E-state index is 0.125. The lowest BCUT2D eigenvalue weighted by Crippen LogP contribution is -2.27. The molecule has 5 rings (SSSR count). The molecule has 6 nitrogen and oxygen atoms in total. The molecule has 1 aliphatic heterocycles. The molecule has 174 valence electrons. The molecule has 0 spiro atoms. The van der Waals surface area contributed by atoms with E-state index >= 15 is 0 Å². The van der Waals surface area contributed by atoms with Crippen molar-refractivity contribution in [3.63, 3.8) is 0 Å². The number of anilines is 1.